The van der Waals surface area contributed by atoms with Crippen LogP contribution in [0.2, 0.25) is 5.02 Å². The van der Waals surface area contributed by atoms with Crippen LogP contribution in [0.3, 0.4) is 0 Å². The first-order valence-electron chi connectivity index (χ1n) is 10.8. The molecule has 1 aliphatic rings. The zero-order valence-corrected chi connectivity index (χ0v) is 19.8. The highest BCUT2D eigenvalue weighted by Gasteiger charge is 2.38. The van der Waals surface area contributed by atoms with E-state index in [1.165, 1.54) is 17.9 Å². The number of anilines is 1. The number of rotatable bonds is 5. The van der Waals surface area contributed by atoms with E-state index in [0.29, 0.717) is 27.4 Å². The maximum atomic E-state index is 13.9. The number of benzene rings is 2. The smallest absolute Gasteiger partial charge is 0.390 e. The summed E-state index contributed by atoms with van der Waals surface area (Å²) in [5.74, 6) is -0.402. The van der Waals surface area contributed by atoms with E-state index >= 15 is 0 Å². The number of hydrogen-bond acceptors (Lipinski definition) is 5. The van der Waals surface area contributed by atoms with E-state index in [4.69, 9.17) is 16.9 Å². The Hall–Kier alpha value is -3.87. The minimum absolute atomic E-state index is 0.0799. The van der Waals surface area contributed by atoms with Crippen molar-refractivity contribution >= 4 is 23.2 Å². The molecule has 1 atom stereocenters. The van der Waals surface area contributed by atoms with Crippen molar-refractivity contribution in [1.29, 1.82) is 5.26 Å². The van der Waals surface area contributed by atoms with Crippen LogP contribution in [-0.2, 0) is 17.5 Å². The summed E-state index contributed by atoms with van der Waals surface area (Å²) in [4.78, 5) is 20.6. The van der Waals surface area contributed by atoms with Crippen molar-refractivity contribution < 1.29 is 23.1 Å². The Bertz CT molecular complexity index is 1350. The number of aromatic nitrogens is 1. The fourth-order valence-corrected chi connectivity index (χ4v) is 4.11. The third-order valence-corrected chi connectivity index (χ3v) is 6.12. The molecule has 0 saturated heterocycles. The molecule has 36 heavy (non-hydrogen) atoms. The quantitative estimate of drug-likeness (QED) is 0.498. The van der Waals surface area contributed by atoms with Gasteiger partial charge in [-0.15, -0.1) is 0 Å². The van der Waals surface area contributed by atoms with E-state index in [1.54, 1.807) is 59.6 Å². The molecule has 6 nitrogen and oxygen atoms in total. The average Bonchev–Trinajstić information content (AvgIpc) is 2.86. The van der Waals surface area contributed by atoms with Crippen LogP contribution >= 0.6 is 11.6 Å². The third kappa shape index (κ3) is 5.05. The second kappa shape index (κ2) is 10.0. The Morgan fingerprint density at radius 3 is 2.31 bits per heavy atom. The highest BCUT2D eigenvalue weighted by atomic mass is 35.5. The van der Waals surface area contributed by atoms with Gasteiger partial charge in [-0.05, 0) is 60.5 Å². The van der Waals surface area contributed by atoms with Crippen molar-refractivity contribution in [2.75, 3.05) is 11.5 Å². The van der Waals surface area contributed by atoms with E-state index in [-0.39, 0.29) is 17.9 Å². The largest absolute Gasteiger partial charge is 0.433 e. The molecule has 1 amide bonds. The lowest BCUT2D eigenvalue weighted by Crippen LogP contribution is -2.46. The van der Waals surface area contributed by atoms with Gasteiger partial charge in [-0.2, -0.15) is 18.4 Å². The number of nitrogens with zero attached hydrogens (tertiary/aromatic N) is 4. The SMILES string of the molecule is Cc1nc(C(F)(F)F)ccc1CN1C(=O)C(c2ccc(C#N)cc2)N(c2ccc(Cl)cc2)C=C1CO. The summed E-state index contributed by atoms with van der Waals surface area (Å²) in [6.45, 7) is 0.881. The van der Waals surface area contributed by atoms with E-state index < -0.39 is 30.4 Å². The molecule has 1 aliphatic heterocycles. The lowest BCUT2D eigenvalue weighted by Gasteiger charge is -2.40. The molecule has 4 rings (SSSR count). The molecule has 10 heteroatoms. The number of carbonyl (C=O) groups excluding carboxylic acids is 1. The van der Waals surface area contributed by atoms with Gasteiger partial charge < -0.3 is 14.9 Å². The van der Waals surface area contributed by atoms with E-state index in [1.807, 2.05) is 6.07 Å². The van der Waals surface area contributed by atoms with Crippen molar-refractivity contribution in [1.82, 2.24) is 9.88 Å². The summed E-state index contributed by atoms with van der Waals surface area (Å²) in [5.41, 5.74) is 1.44. The number of aryl methyl sites for hydroxylation is 1. The van der Waals surface area contributed by atoms with Crippen LogP contribution in [0.4, 0.5) is 18.9 Å². The fourth-order valence-electron chi connectivity index (χ4n) is 3.98. The van der Waals surface area contributed by atoms with Crippen LogP contribution in [0.15, 0.2) is 72.6 Å². The van der Waals surface area contributed by atoms with Gasteiger partial charge in [-0.1, -0.05) is 29.8 Å². The van der Waals surface area contributed by atoms with Crippen LogP contribution in [0.25, 0.3) is 0 Å². The van der Waals surface area contributed by atoms with Gasteiger partial charge >= 0.3 is 6.18 Å². The van der Waals surface area contributed by atoms with E-state index in [0.717, 1.165) is 6.07 Å². The molecule has 0 saturated carbocycles. The number of hydrogen-bond donors (Lipinski definition) is 1. The first-order chi connectivity index (χ1) is 17.1. The van der Waals surface area contributed by atoms with E-state index in [9.17, 15) is 23.1 Å². The number of carbonyl (C=O) groups is 1. The standard InChI is InChI=1S/C26H20ClF3N4O2/c1-16-19(6-11-23(32-16)26(28,29)30)13-34-22(15-35)14-33(21-9-7-20(27)8-10-21)24(25(34)36)18-4-2-17(12-31)3-5-18/h2-11,14,24,35H,13,15H2,1H3. The van der Waals surface area contributed by atoms with Gasteiger partial charge in [-0.3, -0.25) is 4.79 Å². The number of pyridine rings is 1. The van der Waals surface area contributed by atoms with Gasteiger partial charge in [-0.25, -0.2) is 4.98 Å². The van der Waals surface area contributed by atoms with Crippen LogP contribution in [-0.4, -0.2) is 27.5 Å². The topological polar surface area (TPSA) is 80.5 Å². The number of halogens is 4. The van der Waals surface area contributed by atoms with Crippen LogP contribution < -0.4 is 4.90 Å². The van der Waals surface area contributed by atoms with Gasteiger partial charge in [0.05, 0.1) is 30.5 Å². The molecule has 2 heterocycles. The molecule has 1 unspecified atom stereocenters. The summed E-state index contributed by atoms with van der Waals surface area (Å²) in [6.07, 6.45) is -2.96. The fraction of sp³-hybridized carbons (Fsp3) is 0.192. The van der Waals surface area contributed by atoms with Crippen LogP contribution in [0.1, 0.15) is 34.1 Å². The molecule has 1 aromatic heterocycles. The molecule has 0 radical (unpaired) electrons. The van der Waals surface area contributed by atoms with Gasteiger partial charge in [0.15, 0.2) is 0 Å². The van der Waals surface area contributed by atoms with Crippen molar-refractivity contribution in [3.05, 3.63) is 106 Å². The second-order valence-corrected chi connectivity index (χ2v) is 8.60. The van der Waals surface area contributed by atoms with Gasteiger partial charge in [0.25, 0.3) is 5.91 Å². The monoisotopic (exact) mass is 512 g/mol. The Kier molecular flexibility index (Phi) is 7.02. The normalized spacial score (nSPS) is 16.1. The summed E-state index contributed by atoms with van der Waals surface area (Å²) < 4.78 is 39.2. The molecule has 1 N–H and O–H groups in total. The average molecular weight is 513 g/mol. The first-order valence-corrected chi connectivity index (χ1v) is 11.2. The predicted molar refractivity (Wildman–Crippen MR) is 128 cm³/mol. The Morgan fingerprint density at radius 2 is 1.75 bits per heavy atom. The van der Waals surface area contributed by atoms with Crippen LogP contribution in [0, 0.1) is 18.3 Å². The van der Waals surface area contributed by atoms with Crippen molar-refractivity contribution in [3.63, 3.8) is 0 Å². The third-order valence-electron chi connectivity index (χ3n) is 5.87. The molecule has 2 aromatic carbocycles. The number of amides is 1. The van der Waals surface area contributed by atoms with Crippen molar-refractivity contribution in [2.24, 2.45) is 0 Å². The number of aliphatic hydroxyl groups is 1. The predicted octanol–water partition coefficient (Wildman–Crippen LogP) is 5.36. The highest BCUT2D eigenvalue weighted by molar-refractivity contribution is 6.30. The van der Waals surface area contributed by atoms with Crippen molar-refractivity contribution in [3.8, 4) is 6.07 Å². The summed E-state index contributed by atoms with van der Waals surface area (Å²) >= 11 is 6.03. The van der Waals surface area contributed by atoms with Crippen molar-refractivity contribution in [2.45, 2.75) is 25.7 Å². The lowest BCUT2D eigenvalue weighted by atomic mass is 9.98. The highest BCUT2D eigenvalue weighted by Crippen LogP contribution is 2.36. The maximum absolute atomic E-state index is 13.9. The van der Waals surface area contributed by atoms with Gasteiger partial charge in [0.2, 0.25) is 0 Å². The number of alkyl halides is 3. The minimum Gasteiger partial charge on any atom is -0.390 e. The second-order valence-electron chi connectivity index (χ2n) is 8.16. The van der Waals surface area contributed by atoms with Gasteiger partial charge in [0.1, 0.15) is 11.7 Å². The Morgan fingerprint density at radius 1 is 1.08 bits per heavy atom. The minimum atomic E-state index is -4.58. The Labute approximate surface area is 210 Å². The molecule has 0 bridgehead atoms. The number of aliphatic hydroxyl groups excluding tert-OH is 1. The Balaban J connectivity index is 1.78. The maximum Gasteiger partial charge on any atom is 0.433 e. The van der Waals surface area contributed by atoms with E-state index in [2.05, 4.69) is 4.98 Å². The van der Waals surface area contributed by atoms with Crippen LogP contribution in [0.5, 0.6) is 0 Å². The number of nitriles is 1. The molecular weight excluding hydrogens is 493 g/mol. The first kappa shape index (κ1) is 25.2. The molecule has 0 aliphatic carbocycles. The zero-order chi connectivity index (χ0) is 26.0. The molecule has 0 spiro atoms. The summed E-state index contributed by atoms with van der Waals surface area (Å²) in [7, 11) is 0. The van der Waals surface area contributed by atoms with Gasteiger partial charge in [0, 0.05) is 22.6 Å². The lowest BCUT2D eigenvalue weighted by molar-refractivity contribution is -0.141. The summed E-state index contributed by atoms with van der Waals surface area (Å²) in [6, 6.07) is 16.7. The zero-order valence-electron chi connectivity index (χ0n) is 19.0. The summed E-state index contributed by atoms with van der Waals surface area (Å²) in [5, 5.41) is 19.8. The molecule has 184 valence electrons. The molecular formula is C26H20ClF3N4O2. The molecule has 3 aromatic rings. The molecule has 0 fully saturated rings.